The fraction of sp³-hybridized carbons (Fsp3) is 0.240. The molecule has 4 rings (SSSR count). The number of pyridine rings is 1. The molecular weight excluding hydrogens is 499 g/mol. The highest BCUT2D eigenvalue weighted by Gasteiger charge is 2.31. The van der Waals surface area contributed by atoms with Crippen LogP contribution in [0.5, 0.6) is 11.5 Å². The van der Waals surface area contributed by atoms with Crippen LogP contribution in [0.25, 0.3) is 11.2 Å². The standard InChI is InChI=1S/C25H21F5N4O3/c1-36-21-12-17(37-25(28,29)30)6-5-16(21)13-32-23(35)9-8-22-33-20-3-2-10-31-24(20)34(22)14-15-4-7-18(26)19(27)11-15/h2-7,10-12H,8-9,13-14H2,1H3,(H,32,35). The lowest BCUT2D eigenvalue weighted by Crippen LogP contribution is -2.24. The van der Waals surface area contributed by atoms with Crippen LogP contribution in [-0.2, 0) is 24.3 Å². The molecule has 0 saturated heterocycles. The largest absolute Gasteiger partial charge is 0.573 e. The number of alkyl halides is 3. The average molecular weight is 520 g/mol. The van der Waals surface area contributed by atoms with Gasteiger partial charge in [0.25, 0.3) is 0 Å². The van der Waals surface area contributed by atoms with Crippen molar-refractivity contribution in [3.05, 3.63) is 83.3 Å². The van der Waals surface area contributed by atoms with Gasteiger partial charge in [-0.2, -0.15) is 0 Å². The lowest BCUT2D eigenvalue weighted by molar-refractivity contribution is -0.274. The summed E-state index contributed by atoms with van der Waals surface area (Å²) in [6.07, 6.45) is -2.99. The first-order valence-corrected chi connectivity index (χ1v) is 11.1. The van der Waals surface area contributed by atoms with E-state index in [-0.39, 0.29) is 37.6 Å². The van der Waals surface area contributed by atoms with Crippen LogP contribution in [0.1, 0.15) is 23.4 Å². The fourth-order valence-electron chi connectivity index (χ4n) is 3.76. The van der Waals surface area contributed by atoms with E-state index in [2.05, 4.69) is 20.0 Å². The van der Waals surface area contributed by atoms with E-state index >= 15 is 0 Å². The monoisotopic (exact) mass is 520 g/mol. The van der Waals surface area contributed by atoms with E-state index in [0.717, 1.165) is 24.3 Å². The molecule has 1 amide bonds. The van der Waals surface area contributed by atoms with Gasteiger partial charge in [0.2, 0.25) is 5.91 Å². The van der Waals surface area contributed by atoms with Gasteiger partial charge in [-0.25, -0.2) is 18.7 Å². The molecule has 0 saturated carbocycles. The van der Waals surface area contributed by atoms with Crippen LogP contribution in [0.4, 0.5) is 22.0 Å². The molecule has 12 heteroatoms. The SMILES string of the molecule is COc1cc(OC(F)(F)F)ccc1CNC(=O)CCc1nc2cccnc2n1Cc1ccc(F)c(F)c1. The Kier molecular flexibility index (Phi) is 7.55. The van der Waals surface area contributed by atoms with Crippen molar-refractivity contribution < 1.29 is 36.2 Å². The maximum absolute atomic E-state index is 13.7. The van der Waals surface area contributed by atoms with Crippen molar-refractivity contribution in [1.29, 1.82) is 0 Å². The second kappa shape index (κ2) is 10.8. The summed E-state index contributed by atoms with van der Waals surface area (Å²) in [5.74, 6) is -2.04. The van der Waals surface area contributed by atoms with E-state index in [1.165, 1.54) is 19.2 Å². The van der Waals surface area contributed by atoms with E-state index < -0.39 is 23.7 Å². The minimum atomic E-state index is -4.84. The topological polar surface area (TPSA) is 78.3 Å². The number of amides is 1. The normalized spacial score (nSPS) is 11.5. The summed E-state index contributed by atoms with van der Waals surface area (Å²) in [5, 5.41) is 2.70. The van der Waals surface area contributed by atoms with Crippen LogP contribution in [0.3, 0.4) is 0 Å². The Hall–Kier alpha value is -4.22. The molecule has 2 aromatic carbocycles. The van der Waals surface area contributed by atoms with Crippen molar-refractivity contribution in [3.63, 3.8) is 0 Å². The number of aromatic nitrogens is 3. The van der Waals surface area contributed by atoms with Crippen molar-refractivity contribution in [2.24, 2.45) is 0 Å². The third-order valence-corrected chi connectivity index (χ3v) is 5.45. The number of benzene rings is 2. The number of methoxy groups -OCH3 is 1. The van der Waals surface area contributed by atoms with Crippen LogP contribution < -0.4 is 14.8 Å². The van der Waals surface area contributed by atoms with Crippen LogP contribution >= 0.6 is 0 Å². The summed E-state index contributed by atoms with van der Waals surface area (Å²) < 4.78 is 75.1. The number of nitrogens with one attached hydrogen (secondary N) is 1. The van der Waals surface area contributed by atoms with Crippen LogP contribution in [0, 0.1) is 11.6 Å². The summed E-state index contributed by atoms with van der Waals surface area (Å²) in [6, 6.07) is 10.7. The summed E-state index contributed by atoms with van der Waals surface area (Å²) >= 11 is 0. The molecule has 0 unspecified atom stereocenters. The van der Waals surface area contributed by atoms with Crippen LogP contribution in [0.15, 0.2) is 54.7 Å². The molecule has 0 aliphatic rings. The fourth-order valence-corrected chi connectivity index (χ4v) is 3.76. The van der Waals surface area contributed by atoms with E-state index in [1.807, 2.05) is 0 Å². The van der Waals surface area contributed by atoms with Gasteiger partial charge in [0.15, 0.2) is 17.3 Å². The first-order chi connectivity index (χ1) is 17.6. The number of rotatable bonds is 9. The Balaban J connectivity index is 1.43. The van der Waals surface area contributed by atoms with Crippen LogP contribution in [0.2, 0.25) is 0 Å². The van der Waals surface area contributed by atoms with Gasteiger partial charge in [0.1, 0.15) is 22.8 Å². The summed E-state index contributed by atoms with van der Waals surface area (Å²) in [6.45, 7) is 0.187. The molecule has 2 heterocycles. The number of aryl methyl sites for hydroxylation is 1. The molecule has 0 atom stereocenters. The molecule has 0 fully saturated rings. The van der Waals surface area contributed by atoms with Crippen molar-refractivity contribution >= 4 is 17.1 Å². The second-order valence-electron chi connectivity index (χ2n) is 8.01. The van der Waals surface area contributed by atoms with Gasteiger partial charge in [-0.15, -0.1) is 13.2 Å². The second-order valence-corrected chi connectivity index (χ2v) is 8.01. The predicted molar refractivity (Wildman–Crippen MR) is 123 cm³/mol. The molecule has 4 aromatic rings. The zero-order chi connectivity index (χ0) is 26.6. The number of halogens is 5. The number of imidazole rings is 1. The first kappa shape index (κ1) is 25.9. The van der Waals surface area contributed by atoms with Crippen LogP contribution in [-0.4, -0.2) is 33.9 Å². The Labute approximate surface area is 207 Å². The Morgan fingerprint density at radius 2 is 1.89 bits per heavy atom. The quantitative estimate of drug-likeness (QED) is 0.317. The van der Waals surface area contributed by atoms with Gasteiger partial charge < -0.3 is 19.4 Å². The number of carbonyl (C=O) groups is 1. The molecular formula is C25H21F5N4O3. The molecule has 0 aliphatic heterocycles. The number of fused-ring (bicyclic) bond motifs is 1. The minimum absolute atomic E-state index is 0.0150. The van der Waals surface area contributed by atoms with E-state index in [1.54, 1.807) is 22.9 Å². The lowest BCUT2D eigenvalue weighted by Gasteiger charge is -2.13. The summed E-state index contributed by atoms with van der Waals surface area (Å²) in [5.41, 5.74) is 2.08. The van der Waals surface area contributed by atoms with Gasteiger partial charge in [-0.1, -0.05) is 6.07 Å². The van der Waals surface area contributed by atoms with E-state index in [4.69, 9.17) is 4.74 Å². The zero-order valence-electron chi connectivity index (χ0n) is 19.5. The number of hydrogen-bond acceptors (Lipinski definition) is 5. The van der Waals surface area contributed by atoms with Crippen molar-refractivity contribution in [2.75, 3.05) is 7.11 Å². The van der Waals surface area contributed by atoms with Gasteiger partial charge in [0.05, 0.1) is 13.7 Å². The molecule has 194 valence electrons. The summed E-state index contributed by atoms with van der Waals surface area (Å²) in [7, 11) is 1.30. The molecule has 2 aromatic heterocycles. The minimum Gasteiger partial charge on any atom is -0.496 e. The number of nitrogens with zero attached hydrogens (tertiary/aromatic N) is 3. The molecule has 7 nitrogen and oxygen atoms in total. The third kappa shape index (κ3) is 6.51. The number of hydrogen-bond donors (Lipinski definition) is 1. The molecule has 37 heavy (non-hydrogen) atoms. The van der Waals surface area contributed by atoms with Crippen molar-refractivity contribution in [3.8, 4) is 11.5 Å². The Morgan fingerprint density at radius 1 is 1.08 bits per heavy atom. The molecule has 1 N–H and O–H groups in total. The molecule has 0 bridgehead atoms. The Morgan fingerprint density at radius 3 is 2.62 bits per heavy atom. The van der Waals surface area contributed by atoms with Crippen molar-refractivity contribution in [2.45, 2.75) is 32.3 Å². The van der Waals surface area contributed by atoms with E-state index in [9.17, 15) is 26.7 Å². The first-order valence-electron chi connectivity index (χ1n) is 11.1. The predicted octanol–water partition coefficient (Wildman–Crippen LogP) is 4.91. The van der Waals surface area contributed by atoms with Crippen molar-refractivity contribution in [1.82, 2.24) is 19.9 Å². The summed E-state index contributed by atoms with van der Waals surface area (Å²) in [4.78, 5) is 21.4. The molecule has 0 spiro atoms. The zero-order valence-corrected chi connectivity index (χ0v) is 19.5. The number of carbonyl (C=O) groups excluding carboxylic acids is 1. The maximum atomic E-state index is 13.7. The highest BCUT2D eigenvalue weighted by Crippen LogP contribution is 2.29. The molecule has 0 radical (unpaired) electrons. The highest BCUT2D eigenvalue weighted by molar-refractivity contribution is 5.76. The highest BCUT2D eigenvalue weighted by atomic mass is 19.4. The smallest absolute Gasteiger partial charge is 0.496 e. The van der Waals surface area contributed by atoms with Gasteiger partial charge >= 0.3 is 6.36 Å². The van der Waals surface area contributed by atoms with Gasteiger partial charge in [-0.05, 0) is 42.0 Å². The number of ether oxygens (including phenoxy) is 2. The van der Waals surface area contributed by atoms with Gasteiger partial charge in [0, 0.05) is 37.2 Å². The third-order valence-electron chi connectivity index (χ3n) is 5.45. The van der Waals surface area contributed by atoms with Gasteiger partial charge in [-0.3, -0.25) is 4.79 Å². The Bertz CT molecular complexity index is 1420. The lowest BCUT2D eigenvalue weighted by atomic mass is 10.2. The average Bonchev–Trinajstić information content (AvgIpc) is 3.20. The maximum Gasteiger partial charge on any atom is 0.573 e. The van der Waals surface area contributed by atoms with E-state index in [0.29, 0.717) is 28.1 Å². The molecule has 0 aliphatic carbocycles.